The Bertz CT molecular complexity index is 681. The number of amides is 2. The van der Waals surface area contributed by atoms with Gasteiger partial charge in [0.1, 0.15) is 0 Å². The van der Waals surface area contributed by atoms with Gasteiger partial charge in [-0.15, -0.1) is 0 Å². The normalized spacial score (nSPS) is 14.5. The fraction of sp³-hybridized carbons (Fsp3) is 0.636. The molecule has 7 nitrogen and oxygen atoms in total. The van der Waals surface area contributed by atoms with Gasteiger partial charge in [0.15, 0.2) is 8.32 Å². The number of carbonyl (C=O) groups excluding carboxylic acids is 2. The number of fused-ring (bicyclic) bond motifs is 1. The predicted octanol–water partition coefficient (Wildman–Crippen LogP) is 3.35. The second-order valence-corrected chi connectivity index (χ2v) is 13.6. The number of hydrogen-bond acceptors (Lipinski definition) is 6. The van der Waals surface area contributed by atoms with Gasteiger partial charge in [0.05, 0.1) is 63.9 Å². The van der Waals surface area contributed by atoms with E-state index in [2.05, 4.69) is 33.9 Å². The molecular formula is C22H35NO6Si. The van der Waals surface area contributed by atoms with Crippen molar-refractivity contribution < 1.29 is 28.2 Å². The van der Waals surface area contributed by atoms with Gasteiger partial charge in [-0.1, -0.05) is 32.9 Å². The quantitative estimate of drug-likeness (QED) is 0.268. The third-order valence-electron chi connectivity index (χ3n) is 5.58. The summed E-state index contributed by atoms with van der Waals surface area (Å²) < 4.78 is 22.5. The summed E-state index contributed by atoms with van der Waals surface area (Å²) in [5.41, 5.74) is 0.918. The van der Waals surface area contributed by atoms with Crippen LogP contribution in [0.1, 0.15) is 41.5 Å². The van der Waals surface area contributed by atoms with Gasteiger partial charge >= 0.3 is 0 Å². The summed E-state index contributed by atoms with van der Waals surface area (Å²) in [6.07, 6.45) is 0. The van der Waals surface area contributed by atoms with Crippen molar-refractivity contribution in [2.45, 2.75) is 38.9 Å². The molecule has 1 heterocycles. The second kappa shape index (κ2) is 11.2. The molecule has 1 aliphatic heterocycles. The first-order valence-electron chi connectivity index (χ1n) is 10.5. The lowest BCUT2D eigenvalue weighted by molar-refractivity contribution is 0.00604. The first-order valence-corrected chi connectivity index (χ1v) is 13.4. The smallest absolute Gasteiger partial charge is 0.261 e. The minimum atomic E-state index is -1.71. The SMILES string of the molecule is CC(C)(C)[Si](C)(C)OCCOCCOCCOCCN1C(=O)c2ccccc2C1=O. The molecule has 1 aromatic carbocycles. The average Bonchev–Trinajstić information content (AvgIpc) is 2.93. The van der Waals surface area contributed by atoms with Gasteiger partial charge in [-0.3, -0.25) is 14.5 Å². The fourth-order valence-corrected chi connectivity index (χ4v) is 3.74. The van der Waals surface area contributed by atoms with Crippen molar-refractivity contribution in [3.63, 3.8) is 0 Å². The van der Waals surface area contributed by atoms with Gasteiger partial charge in [-0.05, 0) is 30.3 Å². The van der Waals surface area contributed by atoms with E-state index in [0.29, 0.717) is 50.8 Å². The van der Waals surface area contributed by atoms with Crippen LogP contribution in [-0.2, 0) is 18.6 Å². The highest BCUT2D eigenvalue weighted by molar-refractivity contribution is 6.74. The molecule has 0 bridgehead atoms. The Labute approximate surface area is 180 Å². The van der Waals surface area contributed by atoms with Gasteiger partial charge in [0, 0.05) is 0 Å². The standard InChI is InChI=1S/C22H35NO6Si/c1-22(2,3)30(4,5)29-17-16-28-15-14-27-13-12-26-11-10-23-20(24)18-8-6-7-9-19(18)21(23)25/h6-9H,10-17H2,1-5H3. The molecule has 0 N–H and O–H groups in total. The molecule has 0 aliphatic carbocycles. The predicted molar refractivity (Wildman–Crippen MR) is 117 cm³/mol. The highest BCUT2D eigenvalue weighted by atomic mass is 28.4. The van der Waals surface area contributed by atoms with Crippen LogP contribution in [0.5, 0.6) is 0 Å². The zero-order chi connectivity index (χ0) is 22.2. The zero-order valence-corrected chi connectivity index (χ0v) is 19.9. The summed E-state index contributed by atoms with van der Waals surface area (Å²) in [5.74, 6) is -0.518. The molecule has 1 aromatic rings. The third kappa shape index (κ3) is 6.71. The number of imide groups is 1. The van der Waals surface area contributed by atoms with Gasteiger partial charge < -0.3 is 18.6 Å². The molecule has 0 unspecified atom stereocenters. The molecule has 2 rings (SSSR count). The van der Waals surface area contributed by atoms with E-state index >= 15 is 0 Å². The maximum absolute atomic E-state index is 12.2. The van der Waals surface area contributed by atoms with Gasteiger partial charge in [-0.25, -0.2) is 0 Å². The lowest BCUT2D eigenvalue weighted by Gasteiger charge is -2.36. The molecule has 0 atom stereocenters. The largest absolute Gasteiger partial charge is 0.414 e. The number of hydrogen-bond donors (Lipinski definition) is 0. The third-order valence-corrected chi connectivity index (χ3v) is 10.1. The summed E-state index contributed by atoms with van der Waals surface area (Å²) in [6.45, 7) is 14.6. The lowest BCUT2D eigenvalue weighted by Crippen LogP contribution is -2.41. The summed E-state index contributed by atoms with van der Waals surface area (Å²) in [4.78, 5) is 25.7. The van der Waals surface area contributed by atoms with Crippen molar-refractivity contribution in [2.24, 2.45) is 0 Å². The van der Waals surface area contributed by atoms with E-state index in [4.69, 9.17) is 18.6 Å². The van der Waals surface area contributed by atoms with Crippen LogP contribution in [-0.4, -0.2) is 77.8 Å². The molecule has 0 radical (unpaired) electrons. The molecule has 8 heteroatoms. The minimum Gasteiger partial charge on any atom is -0.414 e. The highest BCUT2D eigenvalue weighted by Gasteiger charge is 2.37. The molecule has 0 saturated carbocycles. The van der Waals surface area contributed by atoms with E-state index in [1.165, 1.54) is 4.90 Å². The van der Waals surface area contributed by atoms with Crippen molar-refractivity contribution in [2.75, 3.05) is 52.8 Å². The fourth-order valence-electron chi connectivity index (χ4n) is 2.71. The lowest BCUT2D eigenvalue weighted by atomic mass is 10.1. The summed E-state index contributed by atoms with van der Waals surface area (Å²) in [6, 6.07) is 6.86. The molecular weight excluding hydrogens is 402 g/mol. The van der Waals surface area contributed by atoms with Gasteiger partial charge in [0.25, 0.3) is 11.8 Å². The maximum atomic E-state index is 12.2. The van der Waals surface area contributed by atoms with Crippen LogP contribution in [0.2, 0.25) is 18.1 Å². The number of benzene rings is 1. The summed E-state index contributed by atoms with van der Waals surface area (Å²) in [5, 5.41) is 0.204. The Kier molecular flexibility index (Phi) is 9.18. The van der Waals surface area contributed by atoms with E-state index in [1.54, 1.807) is 24.3 Å². The van der Waals surface area contributed by atoms with Crippen molar-refractivity contribution in [1.82, 2.24) is 4.90 Å². The monoisotopic (exact) mass is 437 g/mol. The summed E-state index contributed by atoms with van der Waals surface area (Å²) >= 11 is 0. The van der Waals surface area contributed by atoms with Crippen LogP contribution >= 0.6 is 0 Å². The molecule has 0 aromatic heterocycles. The van der Waals surface area contributed by atoms with Crippen LogP contribution in [0.4, 0.5) is 0 Å². The Morgan fingerprint density at radius 2 is 1.20 bits per heavy atom. The first-order chi connectivity index (χ1) is 14.1. The molecule has 1 aliphatic rings. The molecule has 168 valence electrons. The van der Waals surface area contributed by atoms with E-state index in [1.807, 2.05) is 0 Å². The maximum Gasteiger partial charge on any atom is 0.261 e. The van der Waals surface area contributed by atoms with E-state index < -0.39 is 8.32 Å². The van der Waals surface area contributed by atoms with Crippen LogP contribution in [0, 0.1) is 0 Å². The average molecular weight is 438 g/mol. The van der Waals surface area contributed by atoms with Crippen molar-refractivity contribution >= 4 is 20.1 Å². The van der Waals surface area contributed by atoms with E-state index in [-0.39, 0.29) is 30.0 Å². The second-order valence-electron chi connectivity index (χ2n) is 8.75. The first kappa shape index (κ1) is 24.7. The van der Waals surface area contributed by atoms with Crippen LogP contribution in [0.25, 0.3) is 0 Å². The Morgan fingerprint density at radius 3 is 1.67 bits per heavy atom. The molecule has 30 heavy (non-hydrogen) atoms. The van der Waals surface area contributed by atoms with Crippen molar-refractivity contribution in [1.29, 1.82) is 0 Å². The van der Waals surface area contributed by atoms with Crippen molar-refractivity contribution in [3.8, 4) is 0 Å². The molecule has 0 saturated heterocycles. The number of nitrogens with zero attached hydrogens (tertiary/aromatic N) is 1. The topological polar surface area (TPSA) is 74.3 Å². The molecule has 0 spiro atoms. The molecule has 2 amide bonds. The number of rotatable bonds is 13. The minimum absolute atomic E-state index is 0.204. The molecule has 0 fully saturated rings. The van der Waals surface area contributed by atoms with Gasteiger partial charge in [0.2, 0.25) is 0 Å². The zero-order valence-electron chi connectivity index (χ0n) is 18.9. The Balaban J connectivity index is 1.45. The Hall–Kier alpha value is -1.58. The van der Waals surface area contributed by atoms with Crippen LogP contribution in [0.3, 0.4) is 0 Å². The number of ether oxygens (including phenoxy) is 3. The van der Waals surface area contributed by atoms with Gasteiger partial charge in [-0.2, -0.15) is 0 Å². The summed E-state index contributed by atoms with van der Waals surface area (Å²) in [7, 11) is -1.71. The Morgan fingerprint density at radius 1 is 0.767 bits per heavy atom. The van der Waals surface area contributed by atoms with Crippen LogP contribution in [0.15, 0.2) is 24.3 Å². The number of carbonyl (C=O) groups is 2. The van der Waals surface area contributed by atoms with E-state index in [9.17, 15) is 9.59 Å². The van der Waals surface area contributed by atoms with Crippen LogP contribution < -0.4 is 0 Å². The van der Waals surface area contributed by atoms with Crippen molar-refractivity contribution in [3.05, 3.63) is 35.4 Å². The highest BCUT2D eigenvalue weighted by Crippen LogP contribution is 2.36. The van der Waals surface area contributed by atoms with E-state index in [0.717, 1.165) is 0 Å².